The number of aromatic nitrogens is 4. The first kappa shape index (κ1) is 20.6. The molecular weight excluding hydrogens is 394 g/mol. The highest BCUT2D eigenvalue weighted by Gasteiger charge is 2.22. The first-order valence-electron chi connectivity index (χ1n) is 10.5. The van der Waals surface area contributed by atoms with Gasteiger partial charge in [-0.25, -0.2) is 0 Å². The van der Waals surface area contributed by atoms with E-state index in [-0.39, 0.29) is 17.4 Å². The van der Waals surface area contributed by atoms with Crippen molar-refractivity contribution in [1.29, 1.82) is 0 Å². The minimum Gasteiger partial charge on any atom is -0.494 e. The zero-order valence-corrected chi connectivity index (χ0v) is 17.4. The van der Waals surface area contributed by atoms with Gasteiger partial charge in [-0.05, 0) is 48.0 Å². The molecule has 4 rings (SSSR count). The molecule has 2 heterocycles. The minimum absolute atomic E-state index is 0.162. The molecule has 160 valence electrons. The summed E-state index contributed by atoms with van der Waals surface area (Å²) in [4.78, 5) is 13.1. The topological polar surface area (TPSA) is 120 Å². The summed E-state index contributed by atoms with van der Waals surface area (Å²) in [6.45, 7) is 2.88. The molecule has 8 nitrogen and oxygen atoms in total. The van der Waals surface area contributed by atoms with Gasteiger partial charge in [-0.2, -0.15) is 5.21 Å². The zero-order valence-electron chi connectivity index (χ0n) is 17.4. The van der Waals surface area contributed by atoms with Crippen LogP contribution in [0.25, 0.3) is 22.6 Å². The Morgan fingerprint density at radius 1 is 1.10 bits per heavy atom. The summed E-state index contributed by atoms with van der Waals surface area (Å²) in [5.74, 6) is 1.12. The van der Waals surface area contributed by atoms with Gasteiger partial charge in [-0.15, -0.1) is 10.2 Å². The largest absolute Gasteiger partial charge is 0.494 e. The van der Waals surface area contributed by atoms with Crippen LogP contribution in [0.1, 0.15) is 54.9 Å². The first-order valence-corrected chi connectivity index (χ1v) is 10.5. The highest BCUT2D eigenvalue weighted by atomic mass is 16.5. The molecule has 2 aromatic carbocycles. The molecule has 0 unspecified atom stereocenters. The van der Waals surface area contributed by atoms with Gasteiger partial charge in [0.2, 0.25) is 5.82 Å². The monoisotopic (exact) mass is 419 g/mol. The first-order chi connectivity index (χ1) is 15.2. The number of hydrogen-bond acceptors (Lipinski definition) is 7. The standard InChI is InChI=1S/C23H25N5O3/c1-2-3-4-5-6-14-30-16-12-10-15(11-13-16)20(29)18-9-7-8-17-19(24)22(31-21(17)18)23-25-27-28-26-23/h7-13H,2-6,14,24H2,1H3,(H,25,26,27,28). The van der Waals surface area contributed by atoms with Crippen molar-refractivity contribution in [1.82, 2.24) is 20.6 Å². The van der Waals surface area contributed by atoms with E-state index in [1.165, 1.54) is 25.7 Å². The predicted octanol–water partition coefficient (Wildman–Crippen LogP) is 4.78. The maximum atomic E-state index is 13.1. The maximum absolute atomic E-state index is 13.1. The average Bonchev–Trinajstić information content (AvgIpc) is 3.44. The molecule has 0 bridgehead atoms. The molecule has 0 aliphatic carbocycles. The van der Waals surface area contributed by atoms with E-state index in [4.69, 9.17) is 14.9 Å². The van der Waals surface area contributed by atoms with Gasteiger partial charge in [0.05, 0.1) is 17.9 Å². The van der Waals surface area contributed by atoms with Crippen LogP contribution in [0.4, 0.5) is 5.69 Å². The molecule has 4 aromatic rings. The van der Waals surface area contributed by atoms with Crippen LogP contribution in [0.2, 0.25) is 0 Å². The lowest BCUT2D eigenvalue weighted by molar-refractivity contribution is 0.103. The number of benzene rings is 2. The van der Waals surface area contributed by atoms with Gasteiger partial charge in [-0.3, -0.25) is 4.79 Å². The Morgan fingerprint density at radius 2 is 1.90 bits per heavy atom. The Hall–Kier alpha value is -3.68. The van der Waals surface area contributed by atoms with Crippen LogP contribution in [-0.4, -0.2) is 33.0 Å². The van der Waals surface area contributed by atoms with Gasteiger partial charge in [0.15, 0.2) is 11.5 Å². The second-order valence-corrected chi connectivity index (χ2v) is 7.38. The number of nitrogen functional groups attached to an aromatic ring is 1. The summed E-state index contributed by atoms with van der Waals surface area (Å²) >= 11 is 0. The van der Waals surface area contributed by atoms with E-state index in [2.05, 4.69) is 27.5 Å². The van der Waals surface area contributed by atoms with Crippen LogP contribution in [0.5, 0.6) is 5.75 Å². The van der Waals surface area contributed by atoms with E-state index in [1.807, 2.05) is 12.1 Å². The average molecular weight is 419 g/mol. The number of nitrogens with two attached hydrogens (primary N) is 1. The molecule has 0 fully saturated rings. The Morgan fingerprint density at radius 3 is 2.65 bits per heavy atom. The fourth-order valence-corrected chi connectivity index (χ4v) is 3.49. The lowest BCUT2D eigenvalue weighted by Crippen LogP contribution is -2.02. The number of fused-ring (bicyclic) bond motifs is 1. The van der Waals surface area contributed by atoms with E-state index >= 15 is 0 Å². The summed E-state index contributed by atoms with van der Waals surface area (Å²) in [6, 6.07) is 12.5. The number of ketones is 1. The van der Waals surface area contributed by atoms with E-state index in [9.17, 15) is 4.79 Å². The second kappa shape index (κ2) is 9.42. The van der Waals surface area contributed by atoms with Crippen LogP contribution in [0, 0.1) is 0 Å². The molecule has 0 atom stereocenters. The quantitative estimate of drug-likeness (QED) is 0.280. The van der Waals surface area contributed by atoms with Gasteiger partial charge in [0.1, 0.15) is 11.3 Å². The number of rotatable bonds is 10. The van der Waals surface area contributed by atoms with Crippen LogP contribution in [0.15, 0.2) is 46.9 Å². The van der Waals surface area contributed by atoms with Crippen LogP contribution < -0.4 is 10.5 Å². The van der Waals surface area contributed by atoms with Crippen molar-refractivity contribution < 1.29 is 13.9 Å². The molecule has 0 radical (unpaired) electrons. The van der Waals surface area contributed by atoms with Crippen LogP contribution in [0.3, 0.4) is 0 Å². The second-order valence-electron chi connectivity index (χ2n) is 7.38. The van der Waals surface area contributed by atoms with Crippen LogP contribution >= 0.6 is 0 Å². The normalized spacial score (nSPS) is 11.1. The van der Waals surface area contributed by atoms with Crippen molar-refractivity contribution in [2.45, 2.75) is 39.0 Å². The number of hydrogen-bond donors (Lipinski definition) is 2. The van der Waals surface area contributed by atoms with Crippen molar-refractivity contribution in [2.24, 2.45) is 0 Å². The smallest absolute Gasteiger partial charge is 0.241 e. The van der Waals surface area contributed by atoms with Crippen molar-refractivity contribution in [3.05, 3.63) is 53.6 Å². The molecule has 3 N–H and O–H groups in total. The third-order valence-electron chi connectivity index (χ3n) is 5.18. The molecule has 0 spiro atoms. The number of nitrogens with one attached hydrogen (secondary N) is 1. The van der Waals surface area contributed by atoms with Gasteiger partial charge in [-0.1, -0.05) is 38.7 Å². The summed E-state index contributed by atoms with van der Waals surface area (Å²) in [5, 5.41) is 14.4. The van der Waals surface area contributed by atoms with E-state index < -0.39 is 0 Å². The number of aromatic amines is 1. The number of ether oxygens (including phenoxy) is 1. The summed E-state index contributed by atoms with van der Waals surface area (Å²) < 4.78 is 11.7. The highest BCUT2D eigenvalue weighted by Crippen LogP contribution is 2.36. The van der Waals surface area contributed by atoms with Gasteiger partial charge >= 0.3 is 0 Å². The molecule has 2 aromatic heterocycles. The third kappa shape index (κ3) is 4.42. The number of para-hydroxylation sites is 1. The fourth-order valence-electron chi connectivity index (χ4n) is 3.49. The maximum Gasteiger partial charge on any atom is 0.241 e. The van der Waals surface area contributed by atoms with Gasteiger partial charge in [0.25, 0.3) is 0 Å². The highest BCUT2D eigenvalue weighted by molar-refractivity contribution is 6.17. The van der Waals surface area contributed by atoms with Crippen LogP contribution in [-0.2, 0) is 0 Å². The van der Waals surface area contributed by atoms with Crippen molar-refractivity contribution in [3.8, 4) is 17.3 Å². The zero-order chi connectivity index (χ0) is 21.6. The molecule has 0 amide bonds. The van der Waals surface area contributed by atoms with Crippen molar-refractivity contribution in [3.63, 3.8) is 0 Å². The molecular formula is C23H25N5O3. The molecule has 31 heavy (non-hydrogen) atoms. The lowest BCUT2D eigenvalue weighted by atomic mass is 10.0. The van der Waals surface area contributed by atoms with Crippen molar-refractivity contribution >= 4 is 22.4 Å². The number of carbonyl (C=O) groups excluding carboxylic acids is 1. The predicted molar refractivity (Wildman–Crippen MR) is 118 cm³/mol. The number of nitrogens with zero attached hydrogens (tertiary/aromatic N) is 3. The molecule has 0 saturated heterocycles. The number of furan rings is 1. The Labute approximate surface area is 179 Å². The summed E-state index contributed by atoms with van der Waals surface area (Å²) in [5.41, 5.74) is 7.93. The molecule has 0 aliphatic rings. The SMILES string of the molecule is CCCCCCCOc1ccc(C(=O)c2cccc3c(N)c(-c4nn[nH]n4)oc23)cc1. The molecule has 0 saturated carbocycles. The minimum atomic E-state index is -0.162. The number of carbonyl (C=O) groups is 1. The molecule has 8 heteroatoms. The van der Waals surface area contributed by atoms with Gasteiger partial charge < -0.3 is 14.9 Å². The lowest BCUT2D eigenvalue weighted by Gasteiger charge is -2.07. The Balaban J connectivity index is 1.50. The van der Waals surface area contributed by atoms with E-state index in [0.717, 1.165) is 12.2 Å². The van der Waals surface area contributed by atoms with Gasteiger partial charge in [0, 0.05) is 10.9 Å². The Kier molecular flexibility index (Phi) is 6.26. The van der Waals surface area contributed by atoms with E-state index in [0.29, 0.717) is 34.4 Å². The number of H-pyrrole nitrogens is 1. The number of unbranched alkanes of at least 4 members (excludes halogenated alkanes) is 4. The third-order valence-corrected chi connectivity index (χ3v) is 5.18. The Bertz CT molecular complexity index is 1150. The van der Waals surface area contributed by atoms with E-state index in [1.54, 1.807) is 30.3 Å². The summed E-state index contributed by atoms with van der Waals surface area (Å²) in [7, 11) is 0. The number of anilines is 1. The summed E-state index contributed by atoms with van der Waals surface area (Å²) in [6.07, 6.45) is 5.94. The fraction of sp³-hybridized carbons (Fsp3) is 0.304. The molecule has 0 aliphatic heterocycles. The van der Waals surface area contributed by atoms with Crippen molar-refractivity contribution in [2.75, 3.05) is 12.3 Å². The number of tetrazole rings is 1.